The highest BCUT2D eigenvalue weighted by Crippen LogP contribution is 2.25. The second-order valence-corrected chi connectivity index (χ2v) is 7.49. The lowest BCUT2D eigenvalue weighted by atomic mass is 9.97. The molecular weight excluding hydrogens is 384 g/mol. The fraction of sp³-hybridized carbons (Fsp3) is 0.368. The smallest absolute Gasteiger partial charge is 0.324 e. The van der Waals surface area contributed by atoms with Crippen molar-refractivity contribution < 1.29 is 9.59 Å². The van der Waals surface area contributed by atoms with Crippen LogP contribution >= 0.6 is 23.7 Å². The van der Waals surface area contributed by atoms with Gasteiger partial charge >= 0.3 is 6.03 Å². The summed E-state index contributed by atoms with van der Waals surface area (Å²) in [6.07, 6.45) is 2.06. The molecule has 0 saturated carbocycles. The van der Waals surface area contributed by atoms with Gasteiger partial charge in [0.25, 0.3) is 5.91 Å². The maximum Gasteiger partial charge on any atom is 0.324 e. The minimum Gasteiger partial charge on any atom is -0.338 e. The Hall–Kier alpha value is -2.09. The Morgan fingerprint density at radius 3 is 2.44 bits per heavy atom. The predicted octanol–water partition coefficient (Wildman–Crippen LogP) is 3.89. The number of rotatable bonds is 5. The Morgan fingerprint density at radius 1 is 1.07 bits per heavy atom. The Morgan fingerprint density at radius 2 is 1.78 bits per heavy atom. The van der Waals surface area contributed by atoms with Crippen molar-refractivity contribution in [3.05, 3.63) is 47.3 Å². The Bertz CT molecular complexity index is 745. The van der Waals surface area contributed by atoms with Crippen molar-refractivity contribution in [3.8, 4) is 0 Å². The number of benzene rings is 1. The zero-order valence-electron chi connectivity index (χ0n) is 15.2. The molecule has 2 heterocycles. The van der Waals surface area contributed by atoms with Crippen LogP contribution in [0.4, 0.5) is 15.5 Å². The molecule has 1 fully saturated rings. The summed E-state index contributed by atoms with van der Waals surface area (Å²) in [5, 5.41) is 9.41. The normalized spacial score (nSPS) is 14.3. The standard InChI is InChI=1S/C19H24N4O2S.ClH/c1-20-13-14-9-11-23(12-10-14)18(24)16-7-8-17(26-16)22-19(25)21-15-5-3-2-4-6-15;/h2-8,14,20H,9-13H2,1H3,(H2,21,22,25);1H. The van der Waals surface area contributed by atoms with Gasteiger partial charge in [-0.25, -0.2) is 4.79 Å². The molecule has 3 N–H and O–H groups in total. The second-order valence-electron chi connectivity index (χ2n) is 6.40. The number of carbonyl (C=O) groups excluding carboxylic acids is 2. The number of likely N-dealkylation sites (tertiary alicyclic amines) is 1. The van der Waals surface area contributed by atoms with Crippen LogP contribution in [0.25, 0.3) is 0 Å². The van der Waals surface area contributed by atoms with E-state index in [4.69, 9.17) is 0 Å². The number of nitrogens with one attached hydrogen (secondary N) is 3. The summed E-state index contributed by atoms with van der Waals surface area (Å²) in [7, 11) is 1.96. The van der Waals surface area contributed by atoms with Crippen molar-refractivity contribution in [1.82, 2.24) is 10.2 Å². The SMILES string of the molecule is CNCC1CCN(C(=O)c2ccc(NC(=O)Nc3ccccc3)s2)CC1.Cl. The van der Waals surface area contributed by atoms with Crippen molar-refractivity contribution in [2.45, 2.75) is 12.8 Å². The number of nitrogens with zero attached hydrogens (tertiary/aromatic N) is 1. The van der Waals surface area contributed by atoms with Gasteiger partial charge in [-0.15, -0.1) is 23.7 Å². The molecular formula is C19H25ClN4O2S. The average molecular weight is 409 g/mol. The number of thiophene rings is 1. The Kier molecular flexibility index (Phi) is 8.09. The van der Waals surface area contributed by atoms with Crippen molar-refractivity contribution >= 4 is 46.4 Å². The highest BCUT2D eigenvalue weighted by Gasteiger charge is 2.24. The maximum atomic E-state index is 12.6. The molecule has 1 aromatic heterocycles. The zero-order valence-corrected chi connectivity index (χ0v) is 16.9. The van der Waals surface area contributed by atoms with E-state index in [9.17, 15) is 9.59 Å². The van der Waals surface area contributed by atoms with Crippen LogP contribution < -0.4 is 16.0 Å². The van der Waals surface area contributed by atoms with E-state index in [1.54, 1.807) is 12.1 Å². The molecule has 2 aromatic rings. The monoisotopic (exact) mass is 408 g/mol. The number of piperidine rings is 1. The minimum atomic E-state index is -0.315. The Balaban J connectivity index is 0.00000261. The lowest BCUT2D eigenvalue weighted by molar-refractivity contribution is 0.0696. The molecule has 0 atom stereocenters. The van der Waals surface area contributed by atoms with E-state index in [0.29, 0.717) is 15.8 Å². The van der Waals surface area contributed by atoms with E-state index in [1.165, 1.54) is 11.3 Å². The van der Waals surface area contributed by atoms with Gasteiger partial charge in [0.2, 0.25) is 0 Å². The van der Waals surface area contributed by atoms with Crippen LogP contribution in [0.1, 0.15) is 22.5 Å². The fourth-order valence-electron chi connectivity index (χ4n) is 3.10. The first kappa shape index (κ1) is 21.2. The molecule has 0 spiro atoms. The fourth-order valence-corrected chi connectivity index (χ4v) is 3.97. The summed E-state index contributed by atoms with van der Waals surface area (Å²) in [5.41, 5.74) is 0.724. The molecule has 3 amide bonds. The third kappa shape index (κ3) is 5.95. The van der Waals surface area contributed by atoms with Gasteiger partial charge in [-0.1, -0.05) is 18.2 Å². The first-order valence-electron chi connectivity index (χ1n) is 8.82. The van der Waals surface area contributed by atoms with Crippen LogP contribution in [-0.2, 0) is 0 Å². The Labute approximate surface area is 169 Å². The summed E-state index contributed by atoms with van der Waals surface area (Å²) >= 11 is 1.31. The minimum absolute atomic E-state index is 0. The molecule has 0 unspecified atom stereocenters. The third-order valence-corrected chi connectivity index (χ3v) is 5.47. The van der Waals surface area contributed by atoms with E-state index < -0.39 is 0 Å². The van der Waals surface area contributed by atoms with Gasteiger partial charge in [-0.2, -0.15) is 0 Å². The number of amides is 3. The van der Waals surface area contributed by atoms with E-state index in [2.05, 4.69) is 16.0 Å². The molecule has 1 saturated heterocycles. The molecule has 0 radical (unpaired) electrons. The van der Waals surface area contributed by atoms with E-state index >= 15 is 0 Å². The number of anilines is 2. The largest absolute Gasteiger partial charge is 0.338 e. The number of hydrogen-bond donors (Lipinski definition) is 3. The molecule has 146 valence electrons. The summed E-state index contributed by atoms with van der Waals surface area (Å²) in [6.45, 7) is 2.59. The van der Waals surface area contributed by atoms with Gasteiger partial charge in [0.05, 0.1) is 9.88 Å². The average Bonchev–Trinajstić information content (AvgIpc) is 3.11. The molecule has 1 aromatic carbocycles. The number of hydrogen-bond acceptors (Lipinski definition) is 4. The van der Waals surface area contributed by atoms with Gasteiger partial charge in [-0.3, -0.25) is 10.1 Å². The van der Waals surface area contributed by atoms with Gasteiger partial charge in [0.1, 0.15) is 0 Å². The highest BCUT2D eigenvalue weighted by molar-refractivity contribution is 7.18. The topological polar surface area (TPSA) is 73.5 Å². The molecule has 1 aliphatic rings. The maximum absolute atomic E-state index is 12.6. The van der Waals surface area contributed by atoms with Gasteiger partial charge < -0.3 is 15.5 Å². The van der Waals surface area contributed by atoms with E-state index in [-0.39, 0.29) is 24.3 Å². The molecule has 1 aliphatic heterocycles. The number of carbonyl (C=O) groups is 2. The van der Waals surface area contributed by atoms with Crippen molar-refractivity contribution in [1.29, 1.82) is 0 Å². The first-order chi connectivity index (χ1) is 12.7. The van der Waals surface area contributed by atoms with Gasteiger partial charge in [-0.05, 0) is 56.6 Å². The summed E-state index contributed by atoms with van der Waals surface area (Å²) < 4.78 is 0. The van der Waals surface area contributed by atoms with E-state index in [1.807, 2.05) is 42.3 Å². The van der Waals surface area contributed by atoms with Gasteiger partial charge in [0.15, 0.2) is 0 Å². The molecule has 8 heteroatoms. The van der Waals surface area contributed by atoms with Crippen LogP contribution in [-0.4, -0.2) is 43.5 Å². The molecule has 27 heavy (non-hydrogen) atoms. The molecule has 0 aliphatic carbocycles. The van der Waals surface area contributed by atoms with Crippen LogP contribution in [0, 0.1) is 5.92 Å². The van der Waals surface area contributed by atoms with Crippen LogP contribution in [0.15, 0.2) is 42.5 Å². The highest BCUT2D eigenvalue weighted by atomic mass is 35.5. The molecule has 6 nitrogen and oxygen atoms in total. The van der Waals surface area contributed by atoms with Crippen molar-refractivity contribution in [2.75, 3.05) is 37.3 Å². The number of halogens is 1. The van der Waals surface area contributed by atoms with Gasteiger partial charge in [0, 0.05) is 18.8 Å². The van der Waals surface area contributed by atoms with Crippen LogP contribution in [0.5, 0.6) is 0 Å². The number of para-hydroxylation sites is 1. The third-order valence-electron chi connectivity index (χ3n) is 4.48. The summed E-state index contributed by atoms with van der Waals surface area (Å²) in [6, 6.07) is 12.5. The van der Waals surface area contributed by atoms with Crippen molar-refractivity contribution in [2.24, 2.45) is 5.92 Å². The lowest BCUT2D eigenvalue weighted by Crippen LogP contribution is -2.40. The quantitative estimate of drug-likeness (QED) is 0.702. The number of urea groups is 1. The lowest BCUT2D eigenvalue weighted by Gasteiger charge is -2.31. The van der Waals surface area contributed by atoms with Crippen LogP contribution in [0.2, 0.25) is 0 Å². The predicted molar refractivity (Wildman–Crippen MR) is 113 cm³/mol. The summed E-state index contributed by atoms with van der Waals surface area (Å²) in [5.74, 6) is 0.695. The second kappa shape index (κ2) is 10.3. The first-order valence-corrected chi connectivity index (χ1v) is 9.64. The molecule has 0 bridgehead atoms. The zero-order chi connectivity index (χ0) is 18.4. The van der Waals surface area contributed by atoms with Crippen LogP contribution in [0.3, 0.4) is 0 Å². The molecule has 3 rings (SSSR count). The van der Waals surface area contributed by atoms with E-state index in [0.717, 1.165) is 38.2 Å². The van der Waals surface area contributed by atoms with Crippen molar-refractivity contribution in [3.63, 3.8) is 0 Å². The summed E-state index contributed by atoms with van der Waals surface area (Å²) in [4.78, 5) is 27.3.